The number of anilines is 2. The topological polar surface area (TPSA) is 45.2 Å². The largest absolute Gasteiger partial charge is 0.443 e. The molecule has 2 heterocycles. The van der Waals surface area contributed by atoms with Gasteiger partial charge in [-0.15, -0.1) is 11.3 Å². The van der Waals surface area contributed by atoms with Crippen molar-refractivity contribution >= 4 is 28.6 Å². The Bertz CT molecular complexity index is 1000. The zero-order valence-corrected chi connectivity index (χ0v) is 19.1. The van der Waals surface area contributed by atoms with E-state index in [2.05, 4.69) is 21.3 Å². The van der Waals surface area contributed by atoms with Crippen molar-refractivity contribution < 1.29 is 18.0 Å². The fraction of sp³-hybridized carbons (Fsp3) is 0.565. The van der Waals surface area contributed by atoms with Crippen molar-refractivity contribution in [2.45, 2.75) is 72.0 Å². The van der Waals surface area contributed by atoms with Crippen LogP contribution in [0.15, 0.2) is 12.1 Å². The zero-order chi connectivity index (χ0) is 22.6. The van der Waals surface area contributed by atoms with E-state index in [1.54, 1.807) is 0 Å². The maximum atomic E-state index is 13.0. The maximum Gasteiger partial charge on any atom is 0.443 e. The second-order valence-corrected chi connectivity index (χ2v) is 10.9. The summed E-state index contributed by atoms with van der Waals surface area (Å²) in [7, 11) is 0. The summed E-state index contributed by atoms with van der Waals surface area (Å²) in [6.45, 7) is 9.18. The highest BCUT2D eigenvalue weighted by Crippen LogP contribution is 2.46. The van der Waals surface area contributed by atoms with E-state index in [9.17, 15) is 18.0 Å². The molecule has 1 fully saturated rings. The number of carbonyl (C=O) groups is 1. The van der Waals surface area contributed by atoms with Crippen LogP contribution in [0.2, 0.25) is 0 Å². The first-order chi connectivity index (χ1) is 14.4. The van der Waals surface area contributed by atoms with Crippen LogP contribution in [0.5, 0.6) is 0 Å². The summed E-state index contributed by atoms with van der Waals surface area (Å²) in [6, 6.07) is 4.16. The Kier molecular flexibility index (Phi) is 5.56. The molecule has 2 aromatic rings. The van der Waals surface area contributed by atoms with E-state index in [-0.39, 0.29) is 11.3 Å². The summed E-state index contributed by atoms with van der Waals surface area (Å²) >= 11 is 0.750. The van der Waals surface area contributed by atoms with Gasteiger partial charge >= 0.3 is 6.18 Å². The first-order valence-corrected chi connectivity index (χ1v) is 11.5. The van der Waals surface area contributed by atoms with E-state index in [0.29, 0.717) is 42.4 Å². The lowest BCUT2D eigenvalue weighted by Crippen LogP contribution is -2.30. The highest BCUT2D eigenvalue weighted by atomic mass is 32.1. The molecule has 1 aromatic carbocycles. The molecule has 0 radical (unpaired) electrons. The third-order valence-corrected chi connectivity index (χ3v) is 6.79. The molecule has 1 aromatic heterocycles. The van der Waals surface area contributed by atoms with Crippen LogP contribution >= 0.6 is 11.3 Å². The molecule has 1 saturated carbocycles. The Hall–Kier alpha value is -2.09. The molecule has 31 heavy (non-hydrogen) atoms. The van der Waals surface area contributed by atoms with Crippen LogP contribution in [0.25, 0.3) is 0 Å². The van der Waals surface area contributed by atoms with Gasteiger partial charge in [0.2, 0.25) is 5.91 Å². The molecule has 1 N–H and O–H groups in total. The van der Waals surface area contributed by atoms with Gasteiger partial charge < -0.3 is 10.2 Å². The van der Waals surface area contributed by atoms with Gasteiger partial charge in [-0.1, -0.05) is 20.8 Å². The van der Waals surface area contributed by atoms with Crippen LogP contribution < -0.4 is 10.2 Å². The summed E-state index contributed by atoms with van der Waals surface area (Å²) < 4.78 is 39.1. The number of thiazole rings is 1. The first-order valence-electron chi connectivity index (χ1n) is 10.7. The first kappa shape index (κ1) is 22.1. The van der Waals surface area contributed by atoms with Crippen LogP contribution in [0.4, 0.5) is 24.5 Å². The number of nitrogens with zero attached hydrogens (tertiary/aromatic N) is 2. The molecule has 168 valence electrons. The van der Waals surface area contributed by atoms with E-state index >= 15 is 0 Å². The number of halogens is 3. The summed E-state index contributed by atoms with van der Waals surface area (Å²) in [6.07, 6.45) is -1.25. The van der Waals surface area contributed by atoms with Crippen molar-refractivity contribution in [2.24, 2.45) is 5.41 Å². The second kappa shape index (κ2) is 7.80. The summed E-state index contributed by atoms with van der Waals surface area (Å²) in [4.78, 5) is 19.2. The minimum atomic E-state index is -4.39. The molecule has 1 aliphatic carbocycles. The highest BCUT2D eigenvalue weighted by Gasteiger charge is 2.37. The fourth-order valence-corrected chi connectivity index (χ4v) is 5.06. The number of aryl methyl sites for hydroxylation is 1. The molecule has 0 unspecified atom stereocenters. The number of nitrogens with one attached hydrogen (secondary N) is 1. The van der Waals surface area contributed by atoms with Crippen molar-refractivity contribution in [1.82, 2.24) is 4.98 Å². The summed E-state index contributed by atoms with van der Waals surface area (Å²) in [5, 5.41) is 2.37. The Labute approximate surface area is 184 Å². The van der Waals surface area contributed by atoms with Crippen molar-refractivity contribution in [3.8, 4) is 0 Å². The molecule has 0 atom stereocenters. The number of benzene rings is 1. The molecular weight excluding hydrogens is 423 g/mol. The maximum absolute atomic E-state index is 13.0. The lowest BCUT2D eigenvalue weighted by atomic mass is 9.91. The second-order valence-electron chi connectivity index (χ2n) is 9.84. The minimum Gasteiger partial charge on any atom is -0.366 e. The Morgan fingerprint density at radius 1 is 1.26 bits per heavy atom. The van der Waals surface area contributed by atoms with Crippen LogP contribution in [0.1, 0.15) is 72.7 Å². The Morgan fingerprint density at radius 2 is 1.97 bits per heavy atom. The molecule has 0 bridgehead atoms. The minimum absolute atomic E-state index is 0.0113. The molecule has 4 nitrogen and oxygen atoms in total. The SMILES string of the molecule is Cc1cc(N2CCc3nc(C(F)(F)F)sc3C2)cc(C2CC2)c1NC(=O)CC(C)(C)C. The van der Waals surface area contributed by atoms with E-state index < -0.39 is 11.2 Å². The molecule has 4 rings (SSSR count). The van der Waals surface area contributed by atoms with Gasteiger partial charge in [-0.2, -0.15) is 13.2 Å². The van der Waals surface area contributed by atoms with Gasteiger partial charge in [0.25, 0.3) is 0 Å². The standard InChI is InChI=1S/C23H28F3N3OS/c1-13-9-15(29-8-7-17-18(12-29)31-21(27-17)23(24,25)26)10-16(14-5-6-14)20(13)28-19(30)11-22(2,3)4/h9-10,14H,5-8,11-12H2,1-4H3,(H,28,30). The highest BCUT2D eigenvalue weighted by molar-refractivity contribution is 7.11. The normalized spacial score (nSPS) is 16.9. The lowest BCUT2D eigenvalue weighted by molar-refractivity contribution is -0.137. The Morgan fingerprint density at radius 3 is 2.58 bits per heavy atom. The van der Waals surface area contributed by atoms with Crippen LogP contribution in [-0.2, 0) is 23.9 Å². The summed E-state index contributed by atoms with van der Waals surface area (Å²) in [5.74, 6) is 0.446. The van der Waals surface area contributed by atoms with Crippen LogP contribution in [-0.4, -0.2) is 17.4 Å². The number of rotatable bonds is 4. The van der Waals surface area contributed by atoms with Gasteiger partial charge in [0.15, 0.2) is 5.01 Å². The number of hydrogen-bond acceptors (Lipinski definition) is 4. The van der Waals surface area contributed by atoms with Crippen molar-refractivity contribution in [2.75, 3.05) is 16.8 Å². The molecule has 8 heteroatoms. The number of hydrogen-bond donors (Lipinski definition) is 1. The van der Waals surface area contributed by atoms with Gasteiger partial charge in [0.05, 0.1) is 12.2 Å². The predicted octanol–water partition coefficient (Wildman–Crippen LogP) is 6.29. The number of aromatic nitrogens is 1. The van der Waals surface area contributed by atoms with Crippen molar-refractivity contribution in [3.63, 3.8) is 0 Å². The molecule has 1 aliphatic heterocycles. The monoisotopic (exact) mass is 451 g/mol. The van der Waals surface area contributed by atoms with E-state index in [1.807, 2.05) is 33.8 Å². The number of fused-ring (bicyclic) bond motifs is 1. The van der Waals surface area contributed by atoms with E-state index in [0.717, 1.165) is 46.7 Å². The van der Waals surface area contributed by atoms with Crippen LogP contribution in [0, 0.1) is 12.3 Å². The molecular formula is C23H28F3N3OS. The fourth-order valence-electron chi connectivity index (χ4n) is 4.07. The molecule has 0 saturated heterocycles. The molecule has 1 amide bonds. The van der Waals surface area contributed by atoms with Gasteiger partial charge in [-0.05, 0) is 54.4 Å². The average Bonchev–Trinajstić information content (AvgIpc) is 3.38. The van der Waals surface area contributed by atoms with Gasteiger partial charge in [0, 0.05) is 35.6 Å². The number of alkyl halides is 3. The third-order valence-electron chi connectivity index (χ3n) is 5.66. The number of amides is 1. The van der Waals surface area contributed by atoms with Crippen molar-refractivity contribution in [3.05, 3.63) is 38.8 Å². The van der Waals surface area contributed by atoms with Crippen LogP contribution in [0.3, 0.4) is 0 Å². The summed E-state index contributed by atoms with van der Waals surface area (Å²) in [5.41, 5.74) is 4.51. The molecule has 0 spiro atoms. The van der Waals surface area contributed by atoms with Gasteiger partial charge in [0.1, 0.15) is 0 Å². The van der Waals surface area contributed by atoms with E-state index in [4.69, 9.17) is 0 Å². The van der Waals surface area contributed by atoms with E-state index in [1.165, 1.54) is 0 Å². The van der Waals surface area contributed by atoms with Gasteiger partial charge in [-0.3, -0.25) is 4.79 Å². The third kappa shape index (κ3) is 5.05. The van der Waals surface area contributed by atoms with Crippen molar-refractivity contribution in [1.29, 1.82) is 0 Å². The molecule has 2 aliphatic rings. The zero-order valence-electron chi connectivity index (χ0n) is 18.3. The Balaban J connectivity index is 1.59. The number of carbonyl (C=O) groups excluding carboxylic acids is 1. The lowest BCUT2D eigenvalue weighted by Gasteiger charge is -2.30. The quantitative estimate of drug-likeness (QED) is 0.595. The van der Waals surface area contributed by atoms with Gasteiger partial charge in [-0.25, -0.2) is 4.98 Å². The smallest absolute Gasteiger partial charge is 0.366 e. The average molecular weight is 452 g/mol. The predicted molar refractivity (Wildman–Crippen MR) is 118 cm³/mol.